The third kappa shape index (κ3) is 4.89. The molecular weight excluding hydrogens is 386 g/mol. The van der Waals surface area contributed by atoms with E-state index in [9.17, 15) is 4.79 Å². The average molecular weight is 412 g/mol. The summed E-state index contributed by atoms with van der Waals surface area (Å²) in [6, 6.07) is 13.4. The lowest BCUT2D eigenvalue weighted by Gasteiger charge is -2.13. The van der Waals surface area contributed by atoms with Crippen molar-refractivity contribution in [1.82, 2.24) is 14.9 Å². The van der Waals surface area contributed by atoms with Gasteiger partial charge in [0.15, 0.2) is 5.82 Å². The molecule has 0 unspecified atom stereocenters. The van der Waals surface area contributed by atoms with Gasteiger partial charge in [-0.25, -0.2) is 4.68 Å². The zero-order valence-corrected chi connectivity index (χ0v) is 17.8. The molecule has 0 radical (unpaired) electrons. The van der Waals surface area contributed by atoms with Crippen molar-refractivity contribution in [3.8, 4) is 17.1 Å². The van der Waals surface area contributed by atoms with E-state index in [1.807, 2.05) is 70.2 Å². The number of amides is 1. The number of hydrogen-bond donors (Lipinski definition) is 2. The number of aromatic nitrogens is 3. The van der Waals surface area contributed by atoms with Gasteiger partial charge in [-0.3, -0.25) is 4.79 Å². The number of carbonyl (C=O) groups excluding carboxylic acids is 1. The van der Waals surface area contributed by atoms with Crippen LogP contribution in [0.4, 0.5) is 5.69 Å². The first-order valence-corrected chi connectivity index (χ1v) is 10.3. The lowest BCUT2D eigenvalue weighted by molar-refractivity contribution is -0.115. The van der Waals surface area contributed by atoms with Crippen molar-refractivity contribution in [3.63, 3.8) is 0 Å². The van der Waals surface area contributed by atoms with E-state index in [4.69, 9.17) is 10.6 Å². The summed E-state index contributed by atoms with van der Waals surface area (Å²) in [4.78, 5) is 12.6. The second kappa shape index (κ2) is 9.00. The van der Waals surface area contributed by atoms with Gasteiger partial charge in [-0.2, -0.15) is 0 Å². The highest BCUT2D eigenvalue weighted by molar-refractivity contribution is 8.00. The molecule has 8 heteroatoms. The number of ether oxygens (including phenoxy) is 1. The molecule has 0 spiro atoms. The molecule has 0 bridgehead atoms. The fraction of sp³-hybridized carbons (Fsp3) is 0.286. The number of benzene rings is 2. The molecule has 0 aliphatic heterocycles. The van der Waals surface area contributed by atoms with Gasteiger partial charge in [-0.1, -0.05) is 29.5 Å². The average Bonchev–Trinajstić information content (AvgIpc) is 3.05. The molecule has 1 heterocycles. The molecule has 29 heavy (non-hydrogen) atoms. The second-order valence-electron chi connectivity index (χ2n) is 6.70. The number of nitrogen functional groups attached to an aromatic ring is 1. The van der Waals surface area contributed by atoms with Gasteiger partial charge in [0.25, 0.3) is 0 Å². The molecule has 0 aliphatic carbocycles. The zero-order chi connectivity index (χ0) is 21.0. The Labute approximate surface area is 174 Å². The van der Waals surface area contributed by atoms with Crippen LogP contribution in [-0.4, -0.2) is 32.6 Å². The molecule has 2 aromatic carbocycles. The molecule has 3 N–H and O–H groups in total. The summed E-state index contributed by atoms with van der Waals surface area (Å²) in [7, 11) is 0. The highest BCUT2D eigenvalue weighted by Gasteiger charge is 2.20. The third-order valence-electron chi connectivity index (χ3n) is 4.38. The quantitative estimate of drug-likeness (QED) is 0.454. The van der Waals surface area contributed by atoms with Crippen molar-refractivity contribution >= 4 is 23.4 Å². The maximum absolute atomic E-state index is 12.6. The Kier molecular flexibility index (Phi) is 6.43. The number of carbonyl (C=O) groups is 1. The summed E-state index contributed by atoms with van der Waals surface area (Å²) in [6.07, 6.45) is 0. The van der Waals surface area contributed by atoms with E-state index in [-0.39, 0.29) is 5.91 Å². The zero-order valence-electron chi connectivity index (χ0n) is 17.0. The first-order valence-electron chi connectivity index (χ1n) is 9.37. The van der Waals surface area contributed by atoms with Crippen LogP contribution in [0.15, 0.2) is 47.6 Å². The predicted molar refractivity (Wildman–Crippen MR) is 117 cm³/mol. The largest absolute Gasteiger partial charge is 0.494 e. The molecule has 0 fully saturated rings. The van der Waals surface area contributed by atoms with E-state index in [2.05, 4.69) is 15.5 Å². The van der Waals surface area contributed by atoms with Gasteiger partial charge >= 0.3 is 0 Å². The molecule has 3 rings (SSSR count). The monoisotopic (exact) mass is 411 g/mol. The Balaban J connectivity index is 1.69. The SMILES string of the molecule is CCOc1ccc(-c2nnc(S[C@H](C)C(=O)Nc3ccc(C)cc3C)n2N)cc1. The van der Waals surface area contributed by atoms with E-state index in [0.717, 1.165) is 28.1 Å². The van der Waals surface area contributed by atoms with Gasteiger partial charge in [0.2, 0.25) is 11.1 Å². The normalized spacial score (nSPS) is 11.9. The molecule has 1 aromatic heterocycles. The van der Waals surface area contributed by atoms with E-state index < -0.39 is 5.25 Å². The number of anilines is 1. The maximum Gasteiger partial charge on any atom is 0.237 e. The number of aryl methyl sites for hydroxylation is 2. The Morgan fingerprint density at radius 3 is 2.59 bits per heavy atom. The van der Waals surface area contributed by atoms with Crippen molar-refractivity contribution in [2.24, 2.45) is 0 Å². The molecule has 1 amide bonds. The van der Waals surface area contributed by atoms with Crippen LogP contribution in [0.2, 0.25) is 0 Å². The molecular formula is C21H25N5O2S. The van der Waals surface area contributed by atoms with Gasteiger partial charge in [0.1, 0.15) is 5.75 Å². The molecule has 7 nitrogen and oxygen atoms in total. The number of hydrogen-bond acceptors (Lipinski definition) is 6. The molecule has 0 aliphatic rings. The summed E-state index contributed by atoms with van der Waals surface area (Å²) in [5, 5.41) is 11.4. The second-order valence-corrected chi connectivity index (χ2v) is 8.01. The minimum atomic E-state index is -0.393. The Morgan fingerprint density at radius 1 is 1.21 bits per heavy atom. The molecule has 152 valence electrons. The first kappa shape index (κ1) is 20.7. The van der Waals surface area contributed by atoms with Crippen molar-refractivity contribution in [1.29, 1.82) is 0 Å². The van der Waals surface area contributed by atoms with Gasteiger partial charge in [0, 0.05) is 11.3 Å². The van der Waals surface area contributed by atoms with E-state index in [0.29, 0.717) is 17.6 Å². The summed E-state index contributed by atoms with van der Waals surface area (Å²) < 4.78 is 6.86. The first-order chi connectivity index (χ1) is 13.9. The standard InChI is InChI=1S/C21H25N5O2S/c1-5-28-17-9-7-16(8-10-17)19-24-25-21(26(19)22)29-15(4)20(27)23-18-11-6-13(2)12-14(18)3/h6-12,15H,5,22H2,1-4H3,(H,23,27)/t15-/m1/s1. The Hall–Kier alpha value is -3.00. The van der Waals surface area contributed by atoms with Gasteiger partial charge in [-0.05, 0) is 63.6 Å². The minimum Gasteiger partial charge on any atom is -0.494 e. The maximum atomic E-state index is 12.6. The van der Waals surface area contributed by atoms with Crippen LogP contribution in [0.25, 0.3) is 11.4 Å². The van der Waals surface area contributed by atoms with Crippen molar-refractivity contribution < 1.29 is 9.53 Å². The topological polar surface area (TPSA) is 95.1 Å². The third-order valence-corrected chi connectivity index (χ3v) is 5.44. The lowest BCUT2D eigenvalue weighted by Crippen LogP contribution is -2.24. The van der Waals surface area contributed by atoms with Crippen LogP contribution >= 0.6 is 11.8 Å². The predicted octanol–water partition coefficient (Wildman–Crippen LogP) is 3.79. The summed E-state index contributed by atoms with van der Waals surface area (Å²) >= 11 is 1.26. The summed E-state index contributed by atoms with van der Waals surface area (Å²) in [5.74, 6) is 7.37. The molecule has 0 saturated carbocycles. The van der Waals surface area contributed by atoms with Crippen LogP contribution in [0.1, 0.15) is 25.0 Å². The lowest BCUT2D eigenvalue weighted by atomic mass is 10.1. The molecule has 1 atom stereocenters. The van der Waals surface area contributed by atoms with Crippen LogP contribution in [0, 0.1) is 13.8 Å². The minimum absolute atomic E-state index is 0.118. The van der Waals surface area contributed by atoms with Crippen molar-refractivity contribution in [3.05, 3.63) is 53.6 Å². The molecule has 0 saturated heterocycles. The van der Waals surface area contributed by atoms with Crippen LogP contribution in [-0.2, 0) is 4.79 Å². The van der Waals surface area contributed by atoms with Gasteiger partial charge in [0.05, 0.1) is 11.9 Å². The number of nitrogens with one attached hydrogen (secondary N) is 1. The Bertz CT molecular complexity index is 1000. The summed E-state index contributed by atoms with van der Waals surface area (Å²) in [6.45, 7) is 8.35. The van der Waals surface area contributed by atoms with Crippen LogP contribution in [0.5, 0.6) is 5.75 Å². The number of nitrogens with zero attached hydrogens (tertiary/aromatic N) is 3. The van der Waals surface area contributed by atoms with Crippen molar-refractivity contribution in [2.75, 3.05) is 17.8 Å². The van der Waals surface area contributed by atoms with Crippen molar-refractivity contribution in [2.45, 2.75) is 38.1 Å². The number of rotatable bonds is 7. The van der Waals surface area contributed by atoms with Gasteiger partial charge < -0.3 is 15.9 Å². The van der Waals surface area contributed by atoms with E-state index >= 15 is 0 Å². The van der Waals surface area contributed by atoms with Crippen LogP contribution < -0.4 is 15.9 Å². The number of thioether (sulfide) groups is 1. The van der Waals surface area contributed by atoms with Gasteiger partial charge in [-0.15, -0.1) is 10.2 Å². The number of nitrogens with two attached hydrogens (primary N) is 1. The Morgan fingerprint density at radius 2 is 1.93 bits per heavy atom. The fourth-order valence-corrected chi connectivity index (χ4v) is 3.59. The summed E-state index contributed by atoms with van der Waals surface area (Å²) in [5.41, 5.74) is 3.80. The smallest absolute Gasteiger partial charge is 0.237 e. The molecule has 3 aromatic rings. The van der Waals surface area contributed by atoms with Crippen LogP contribution in [0.3, 0.4) is 0 Å². The van der Waals surface area contributed by atoms with E-state index in [1.165, 1.54) is 16.4 Å². The highest BCUT2D eigenvalue weighted by Crippen LogP contribution is 2.27. The van der Waals surface area contributed by atoms with E-state index in [1.54, 1.807) is 0 Å². The highest BCUT2D eigenvalue weighted by atomic mass is 32.2. The fourth-order valence-electron chi connectivity index (χ4n) is 2.82.